The average molecular weight is 284 g/mol. The minimum atomic E-state index is -0.842. The minimum absolute atomic E-state index is 0.143. The third-order valence-electron chi connectivity index (χ3n) is 4.58. The van der Waals surface area contributed by atoms with Crippen molar-refractivity contribution < 1.29 is 19.4 Å². The Bertz CT molecular complexity index is 381. The number of rotatable bonds is 5. The van der Waals surface area contributed by atoms with Gasteiger partial charge in [0.05, 0.1) is 11.5 Å². The lowest BCUT2D eigenvalue weighted by atomic mass is 9.85. The summed E-state index contributed by atoms with van der Waals surface area (Å²) in [7, 11) is 0. The zero-order valence-electron chi connectivity index (χ0n) is 12.1. The smallest absolute Gasteiger partial charge is 0.315 e. The molecule has 2 amide bonds. The largest absolute Gasteiger partial charge is 0.481 e. The van der Waals surface area contributed by atoms with Crippen molar-refractivity contribution in [3.63, 3.8) is 0 Å². The Morgan fingerprint density at radius 3 is 2.65 bits per heavy atom. The molecule has 0 bridgehead atoms. The van der Waals surface area contributed by atoms with Crippen molar-refractivity contribution in [1.82, 2.24) is 10.6 Å². The van der Waals surface area contributed by atoms with Crippen LogP contribution in [0, 0.1) is 5.41 Å². The van der Waals surface area contributed by atoms with Crippen LogP contribution >= 0.6 is 0 Å². The molecule has 3 N–H and O–H groups in total. The van der Waals surface area contributed by atoms with Crippen LogP contribution in [0.3, 0.4) is 0 Å². The van der Waals surface area contributed by atoms with E-state index in [0.717, 1.165) is 25.7 Å². The van der Waals surface area contributed by atoms with Crippen LogP contribution in [-0.2, 0) is 9.53 Å². The van der Waals surface area contributed by atoms with Crippen LogP contribution < -0.4 is 10.6 Å². The standard InChI is InChI=1S/C14H24N2O4/c1-3-20-10-7-9(8-10)15-13(19)16-11-5-4-6-14(11,2)12(17)18/h9-11H,3-8H2,1-2H3,(H,17,18)(H2,15,16,19). The number of carboxylic acids is 1. The Morgan fingerprint density at radius 2 is 2.05 bits per heavy atom. The van der Waals surface area contributed by atoms with Gasteiger partial charge in [-0.2, -0.15) is 0 Å². The van der Waals surface area contributed by atoms with Crippen LogP contribution in [0.15, 0.2) is 0 Å². The van der Waals surface area contributed by atoms with Crippen LogP contribution in [0.1, 0.15) is 46.0 Å². The van der Waals surface area contributed by atoms with Crippen molar-refractivity contribution in [3.05, 3.63) is 0 Å². The second-order valence-corrected chi connectivity index (χ2v) is 6.03. The molecule has 0 saturated heterocycles. The van der Waals surface area contributed by atoms with Crippen LogP contribution in [0.4, 0.5) is 4.79 Å². The maximum absolute atomic E-state index is 11.9. The fourth-order valence-electron chi connectivity index (χ4n) is 3.09. The fourth-order valence-corrected chi connectivity index (χ4v) is 3.09. The third-order valence-corrected chi connectivity index (χ3v) is 4.58. The van der Waals surface area contributed by atoms with Crippen LogP contribution in [0.2, 0.25) is 0 Å². The van der Waals surface area contributed by atoms with Gasteiger partial charge in [-0.05, 0) is 39.5 Å². The Kier molecular flexibility index (Phi) is 4.52. The van der Waals surface area contributed by atoms with Crippen molar-refractivity contribution in [1.29, 1.82) is 0 Å². The molecule has 2 unspecified atom stereocenters. The van der Waals surface area contributed by atoms with Crippen LogP contribution in [0.25, 0.3) is 0 Å². The van der Waals surface area contributed by atoms with Gasteiger partial charge in [0.2, 0.25) is 0 Å². The van der Waals surface area contributed by atoms with Gasteiger partial charge in [-0.15, -0.1) is 0 Å². The molecule has 2 fully saturated rings. The Hall–Kier alpha value is -1.30. The lowest BCUT2D eigenvalue weighted by Crippen LogP contribution is -2.55. The summed E-state index contributed by atoms with van der Waals surface area (Å²) in [6.07, 6.45) is 4.10. The molecule has 6 heteroatoms. The molecule has 2 aliphatic rings. The van der Waals surface area contributed by atoms with E-state index >= 15 is 0 Å². The lowest BCUT2D eigenvalue weighted by Gasteiger charge is -2.36. The van der Waals surface area contributed by atoms with Gasteiger partial charge in [-0.3, -0.25) is 4.79 Å². The van der Waals surface area contributed by atoms with Crippen LogP contribution in [0.5, 0.6) is 0 Å². The summed E-state index contributed by atoms with van der Waals surface area (Å²) in [5.41, 5.74) is -0.842. The number of hydrogen-bond acceptors (Lipinski definition) is 3. The number of carbonyl (C=O) groups excluding carboxylic acids is 1. The van der Waals surface area contributed by atoms with E-state index in [2.05, 4.69) is 10.6 Å². The van der Waals surface area contributed by atoms with E-state index in [9.17, 15) is 14.7 Å². The van der Waals surface area contributed by atoms with E-state index in [4.69, 9.17) is 4.74 Å². The SMILES string of the molecule is CCOC1CC(NC(=O)NC2CCCC2(C)C(=O)O)C1. The first-order chi connectivity index (χ1) is 9.45. The Balaban J connectivity index is 1.76. The van der Waals surface area contributed by atoms with Gasteiger partial charge in [0.1, 0.15) is 0 Å². The molecule has 2 rings (SSSR count). The van der Waals surface area contributed by atoms with Gasteiger partial charge in [0, 0.05) is 18.7 Å². The molecule has 20 heavy (non-hydrogen) atoms. The number of carbonyl (C=O) groups is 2. The zero-order valence-corrected chi connectivity index (χ0v) is 12.1. The number of aliphatic carboxylic acids is 1. The Labute approximate surface area is 119 Å². The first-order valence-corrected chi connectivity index (χ1v) is 7.37. The maximum atomic E-state index is 11.9. The summed E-state index contributed by atoms with van der Waals surface area (Å²) in [5.74, 6) is -0.833. The molecule has 0 heterocycles. The number of urea groups is 1. The van der Waals surface area contributed by atoms with Gasteiger partial charge in [0.15, 0.2) is 0 Å². The first-order valence-electron chi connectivity index (χ1n) is 7.37. The summed E-state index contributed by atoms with van der Waals surface area (Å²) in [4.78, 5) is 23.3. The summed E-state index contributed by atoms with van der Waals surface area (Å²) in [6.45, 7) is 4.37. The molecule has 2 atom stereocenters. The summed E-state index contributed by atoms with van der Waals surface area (Å²) in [5, 5.41) is 15.0. The second kappa shape index (κ2) is 5.99. The highest BCUT2D eigenvalue weighted by Crippen LogP contribution is 2.38. The van der Waals surface area contributed by atoms with Crippen molar-refractivity contribution in [3.8, 4) is 0 Å². The van der Waals surface area contributed by atoms with E-state index in [0.29, 0.717) is 13.0 Å². The molecule has 0 spiro atoms. The highest BCUT2D eigenvalue weighted by Gasteiger charge is 2.46. The van der Waals surface area contributed by atoms with Crippen molar-refractivity contribution in [2.75, 3.05) is 6.61 Å². The molecule has 0 aromatic carbocycles. The predicted molar refractivity (Wildman–Crippen MR) is 73.5 cm³/mol. The number of amides is 2. The number of nitrogens with one attached hydrogen (secondary N) is 2. The predicted octanol–water partition coefficient (Wildman–Crippen LogP) is 1.50. The fraction of sp³-hybridized carbons (Fsp3) is 0.857. The molecule has 0 aliphatic heterocycles. The monoisotopic (exact) mass is 284 g/mol. The molecule has 6 nitrogen and oxygen atoms in total. The van der Waals surface area contributed by atoms with E-state index in [1.165, 1.54) is 0 Å². The number of carboxylic acid groups (broad SMARTS) is 1. The molecule has 2 aliphatic carbocycles. The molecule has 0 aromatic rings. The molecular formula is C14H24N2O4. The third kappa shape index (κ3) is 3.06. The molecule has 114 valence electrons. The average Bonchev–Trinajstić information content (AvgIpc) is 2.70. The highest BCUT2D eigenvalue weighted by molar-refractivity contribution is 5.79. The second-order valence-electron chi connectivity index (χ2n) is 6.03. The molecule has 0 radical (unpaired) electrons. The number of hydrogen-bond donors (Lipinski definition) is 3. The van der Waals surface area contributed by atoms with E-state index in [1.807, 2.05) is 6.92 Å². The molecule has 0 aromatic heterocycles. The highest BCUT2D eigenvalue weighted by atomic mass is 16.5. The minimum Gasteiger partial charge on any atom is -0.481 e. The molecular weight excluding hydrogens is 260 g/mol. The van der Waals surface area contributed by atoms with Gasteiger partial charge < -0.3 is 20.5 Å². The maximum Gasteiger partial charge on any atom is 0.315 e. The Morgan fingerprint density at radius 1 is 1.35 bits per heavy atom. The lowest BCUT2D eigenvalue weighted by molar-refractivity contribution is -0.148. The van der Waals surface area contributed by atoms with E-state index in [-0.39, 0.29) is 24.2 Å². The van der Waals surface area contributed by atoms with E-state index < -0.39 is 11.4 Å². The molecule has 2 saturated carbocycles. The van der Waals surface area contributed by atoms with Crippen LogP contribution in [-0.4, -0.2) is 41.9 Å². The first kappa shape index (κ1) is 15.1. The van der Waals surface area contributed by atoms with Gasteiger partial charge in [0.25, 0.3) is 0 Å². The quantitative estimate of drug-likeness (QED) is 0.714. The van der Waals surface area contributed by atoms with Gasteiger partial charge >= 0.3 is 12.0 Å². The normalized spacial score (nSPS) is 36.2. The summed E-state index contributed by atoms with van der Waals surface area (Å²) in [6, 6.07) is -0.406. The van der Waals surface area contributed by atoms with Gasteiger partial charge in [-0.1, -0.05) is 6.42 Å². The zero-order chi connectivity index (χ0) is 14.8. The topological polar surface area (TPSA) is 87.7 Å². The summed E-state index contributed by atoms with van der Waals surface area (Å²) >= 11 is 0. The van der Waals surface area contributed by atoms with E-state index in [1.54, 1.807) is 6.92 Å². The van der Waals surface area contributed by atoms with Crippen molar-refractivity contribution in [2.24, 2.45) is 5.41 Å². The van der Waals surface area contributed by atoms with Crippen molar-refractivity contribution in [2.45, 2.75) is 64.1 Å². The number of ether oxygens (including phenoxy) is 1. The van der Waals surface area contributed by atoms with Gasteiger partial charge in [-0.25, -0.2) is 4.79 Å². The van der Waals surface area contributed by atoms with Crippen molar-refractivity contribution >= 4 is 12.0 Å². The summed E-state index contributed by atoms with van der Waals surface area (Å²) < 4.78 is 5.44.